The number of para-hydroxylation sites is 1. The second-order valence-electron chi connectivity index (χ2n) is 6.43. The zero-order valence-corrected chi connectivity index (χ0v) is 14.1. The van der Waals surface area contributed by atoms with Crippen LogP contribution in [-0.2, 0) is 7.05 Å². The summed E-state index contributed by atoms with van der Waals surface area (Å²) in [5, 5.41) is 2.64. The maximum Gasteiger partial charge on any atom is 0.286 e. The number of rotatable bonds is 1. The number of nitrogens with zero attached hydrogens (tertiary/aromatic N) is 2. The minimum atomic E-state index is 1.20. The van der Waals surface area contributed by atoms with Gasteiger partial charge in [-0.2, -0.15) is 4.57 Å². The van der Waals surface area contributed by atoms with Crippen LogP contribution in [0.5, 0.6) is 0 Å². The van der Waals surface area contributed by atoms with Gasteiger partial charge in [-0.05, 0) is 61.7 Å². The van der Waals surface area contributed by atoms with Crippen LogP contribution in [0.1, 0.15) is 16.7 Å². The van der Waals surface area contributed by atoms with Crippen LogP contribution in [0.4, 0.5) is 0 Å². The quantitative estimate of drug-likeness (QED) is 0.457. The average molecular weight is 301 g/mol. The Hall–Kier alpha value is -2.61. The monoisotopic (exact) mass is 301 g/mol. The SMILES string of the molecule is Cc1cc[n+](C)c(-n2c3ccccc3c3ccc(C)c(C)c32)c1. The highest BCUT2D eigenvalue weighted by Crippen LogP contribution is 2.34. The lowest BCUT2D eigenvalue weighted by Crippen LogP contribution is -2.33. The van der Waals surface area contributed by atoms with Gasteiger partial charge in [0, 0.05) is 16.8 Å². The Labute approximate surface area is 136 Å². The van der Waals surface area contributed by atoms with Crippen LogP contribution in [0.15, 0.2) is 54.7 Å². The molecule has 0 saturated heterocycles. The fourth-order valence-electron chi connectivity index (χ4n) is 3.44. The van der Waals surface area contributed by atoms with Crippen LogP contribution >= 0.6 is 0 Å². The number of hydrogen-bond acceptors (Lipinski definition) is 0. The maximum atomic E-state index is 2.40. The largest absolute Gasteiger partial charge is 0.286 e. The van der Waals surface area contributed by atoms with Crippen molar-refractivity contribution in [3.63, 3.8) is 0 Å². The van der Waals surface area contributed by atoms with E-state index in [4.69, 9.17) is 0 Å². The second-order valence-corrected chi connectivity index (χ2v) is 6.43. The first kappa shape index (κ1) is 14.0. The third-order valence-electron chi connectivity index (χ3n) is 4.87. The van der Waals surface area contributed by atoms with E-state index in [1.54, 1.807) is 0 Å². The number of pyridine rings is 1. The van der Waals surface area contributed by atoms with Crippen molar-refractivity contribution >= 4 is 21.8 Å². The maximum absolute atomic E-state index is 2.40. The predicted octanol–water partition coefficient (Wildman–Crippen LogP) is 4.53. The van der Waals surface area contributed by atoms with Gasteiger partial charge in [0.15, 0.2) is 0 Å². The molecule has 4 rings (SSSR count). The highest BCUT2D eigenvalue weighted by Gasteiger charge is 2.22. The molecule has 0 bridgehead atoms. The summed E-state index contributed by atoms with van der Waals surface area (Å²) in [7, 11) is 2.11. The molecule has 114 valence electrons. The molecule has 23 heavy (non-hydrogen) atoms. The van der Waals surface area contributed by atoms with Crippen LogP contribution in [0.2, 0.25) is 0 Å². The first-order chi connectivity index (χ1) is 11.1. The first-order valence-corrected chi connectivity index (χ1v) is 8.04. The third kappa shape index (κ3) is 1.98. The van der Waals surface area contributed by atoms with Gasteiger partial charge in [0.25, 0.3) is 5.82 Å². The zero-order chi connectivity index (χ0) is 16.1. The summed E-state index contributed by atoms with van der Waals surface area (Å²) in [6.07, 6.45) is 2.14. The number of fused-ring (bicyclic) bond motifs is 3. The molecule has 2 nitrogen and oxygen atoms in total. The Morgan fingerprint density at radius 3 is 2.48 bits per heavy atom. The molecule has 2 heterocycles. The molecule has 4 aromatic rings. The van der Waals surface area contributed by atoms with Crippen molar-refractivity contribution in [3.8, 4) is 5.82 Å². The Balaban J connectivity index is 2.28. The summed E-state index contributed by atoms with van der Waals surface area (Å²) in [5.41, 5.74) is 6.52. The average Bonchev–Trinajstić information content (AvgIpc) is 2.88. The van der Waals surface area contributed by atoms with Gasteiger partial charge in [-0.3, -0.25) is 0 Å². The van der Waals surface area contributed by atoms with E-state index in [-0.39, 0.29) is 0 Å². The van der Waals surface area contributed by atoms with E-state index in [2.05, 4.69) is 91.7 Å². The molecule has 2 heteroatoms. The van der Waals surface area contributed by atoms with E-state index in [1.165, 1.54) is 44.3 Å². The van der Waals surface area contributed by atoms with Crippen LogP contribution < -0.4 is 4.57 Å². The molecule has 0 N–H and O–H groups in total. The lowest BCUT2D eigenvalue weighted by molar-refractivity contribution is -0.665. The van der Waals surface area contributed by atoms with E-state index in [0.29, 0.717) is 0 Å². The van der Waals surface area contributed by atoms with Crippen molar-refractivity contribution in [2.75, 3.05) is 0 Å². The Kier molecular flexibility index (Phi) is 3.02. The fourth-order valence-corrected chi connectivity index (χ4v) is 3.44. The number of hydrogen-bond donors (Lipinski definition) is 0. The van der Waals surface area contributed by atoms with E-state index in [0.717, 1.165) is 0 Å². The summed E-state index contributed by atoms with van der Waals surface area (Å²) in [6.45, 7) is 6.56. The fraction of sp³-hybridized carbons (Fsp3) is 0.190. The molecule has 0 saturated carbocycles. The molecule has 2 aromatic carbocycles. The van der Waals surface area contributed by atoms with Crippen molar-refractivity contribution in [2.45, 2.75) is 20.8 Å². The molecule has 2 aromatic heterocycles. The Morgan fingerprint density at radius 2 is 1.65 bits per heavy atom. The number of benzene rings is 2. The van der Waals surface area contributed by atoms with Crippen molar-refractivity contribution < 1.29 is 4.57 Å². The van der Waals surface area contributed by atoms with Gasteiger partial charge >= 0.3 is 0 Å². The molecule has 0 aliphatic rings. The highest BCUT2D eigenvalue weighted by molar-refractivity contribution is 6.10. The summed E-state index contributed by atoms with van der Waals surface area (Å²) in [5.74, 6) is 1.20. The van der Waals surface area contributed by atoms with E-state index < -0.39 is 0 Å². The molecule has 0 amide bonds. The van der Waals surface area contributed by atoms with Crippen molar-refractivity contribution in [2.24, 2.45) is 7.05 Å². The van der Waals surface area contributed by atoms with Crippen molar-refractivity contribution in [1.82, 2.24) is 4.57 Å². The van der Waals surface area contributed by atoms with Gasteiger partial charge in [0.05, 0.1) is 13.2 Å². The lowest BCUT2D eigenvalue weighted by atomic mass is 10.1. The number of aryl methyl sites for hydroxylation is 4. The Morgan fingerprint density at radius 1 is 0.870 bits per heavy atom. The van der Waals surface area contributed by atoms with Crippen LogP contribution in [0, 0.1) is 20.8 Å². The third-order valence-corrected chi connectivity index (χ3v) is 4.87. The summed E-state index contributed by atoms with van der Waals surface area (Å²) in [6, 6.07) is 17.6. The molecular formula is C21H21N2+. The number of aromatic nitrogens is 2. The smallest absolute Gasteiger partial charge is 0.237 e. The second kappa shape index (κ2) is 4.95. The van der Waals surface area contributed by atoms with E-state index >= 15 is 0 Å². The predicted molar refractivity (Wildman–Crippen MR) is 96.2 cm³/mol. The van der Waals surface area contributed by atoms with Gasteiger partial charge in [-0.25, -0.2) is 4.57 Å². The van der Waals surface area contributed by atoms with E-state index in [1.807, 2.05) is 0 Å². The van der Waals surface area contributed by atoms with Crippen LogP contribution in [0.3, 0.4) is 0 Å². The lowest BCUT2D eigenvalue weighted by Gasteiger charge is -2.07. The van der Waals surface area contributed by atoms with Crippen molar-refractivity contribution in [1.29, 1.82) is 0 Å². The molecule has 0 spiro atoms. The summed E-state index contributed by atoms with van der Waals surface area (Å²) >= 11 is 0. The van der Waals surface area contributed by atoms with Crippen LogP contribution in [0.25, 0.3) is 27.6 Å². The zero-order valence-electron chi connectivity index (χ0n) is 14.1. The van der Waals surface area contributed by atoms with Gasteiger partial charge in [0.1, 0.15) is 11.0 Å². The summed E-state index contributed by atoms with van der Waals surface area (Å²) in [4.78, 5) is 0. The highest BCUT2D eigenvalue weighted by atomic mass is 15.1. The molecule has 0 aliphatic heterocycles. The molecule has 0 unspecified atom stereocenters. The minimum Gasteiger partial charge on any atom is -0.237 e. The Bertz CT molecular complexity index is 1050. The minimum absolute atomic E-state index is 1.20. The van der Waals surface area contributed by atoms with E-state index in [9.17, 15) is 0 Å². The van der Waals surface area contributed by atoms with Gasteiger partial charge < -0.3 is 0 Å². The molecule has 0 fully saturated rings. The topological polar surface area (TPSA) is 8.81 Å². The summed E-state index contributed by atoms with van der Waals surface area (Å²) < 4.78 is 4.60. The van der Waals surface area contributed by atoms with Gasteiger partial charge in [-0.1, -0.05) is 18.2 Å². The van der Waals surface area contributed by atoms with Crippen LogP contribution in [-0.4, -0.2) is 4.57 Å². The standard InChI is InChI=1S/C21H21N2/c1-14-11-12-22(4)20(13-14)23-19-8-6-5-7-17(19)18-10-9-15(2)16(3)21(18)23/h5-13H,1-4H3/q+1. The molecule has 0 aliphatic carbocycles. The van der Waals surface area contributed by atoms with Gasteiger partial charge in [-0.15, -0.1) is 0 Å². The first-order valence-electron chi connectivity index (χ1n) is 8.04. The van der Waals surface area contributed by atoms with Gasteiger partial charge in [0.2, 0.25) is 0 Å². The normalized spacial score (nSPS) is 11.5. The molecular weight excluding hydrogens is 280 g/mol. The molecule has 0 radical (unpaired) electrons. The molecule has 0 atom stereocenters. The van der Waals surface area contributed by atoms with Crippen molar-refractivity contribution in [3.05, 3.63) is 71.4 Å².